The van der Waals surface area contributed by atoms with Gasteiger partial charge in [-0.2, -0.15) is 4.31 Å². The van der Waals surface area contributed by atoms with Crippen LogP contribution in [0.25, 0.3) is 0 Å². The zero-order chi connectivity index (χ0) is 16.4. The van der Waals surface area contributed by atoms with E-state index in [2.05, 4.69) is 29.0 Å². The zero-order valence-electron chi connectivity index (χ0n) is 13.3. The van der Waals surface area contributed by atoms with Crippen LogP contribution in [0.3, 0.4) is 0 Å². The van der Waals surface area contributed by atoms with Gasteiger partial charge in [-0.1, -0.05) is 13.8 Å². The van der Waals surface area contributed by atoms with E-state index >= 15 is 0 Å². The molecule has 23 heavy (non-hydrogen) atoms. The highest BCUT2D eigenvalue weighted by atomic mass is 32.2. The van der Waals surface area contributed by atoms with Gasteiger partial charge in [0.25, 0.3) is 0 Å². The quantitative estimate of drug-likeness (QED) is 0.833. The van der Waals surface area contributed by atoms with Crippen LogP contribution in [0.4, 0.5) is 0 Å². The smallest absolute Gasteiger partial charge is 0.245 e. The summed E-state index contributed by atoms with van der Waals surface area (Å²) in [5, 5.41) is 8.19. The number of hydrogen-bond donors (Lipinski definition) is 0. The van der Waals surface area contributed by atoms with E-state index in [9.17, 15) is 8.42 Å². The van der Waals surface area contributed by atoms with Crippen molar-refractivity contribution in [1.82, 2.24) is 24.1 Å². The molecule has 1 aliphatic heterocycles. The van der Waals surface area contributed by atoms with Gasteiger partial charge in [0.05, 0.1) is 6.04 Å². The van der Waals surface area contributed by atoms with E-state index in [0.29, 0.717) is 12.5 Å². The molecule has 2 aromatic rings. The Labute approximate surface area is 136 Å². The number of sulfonamides is 1. The molecule has 1 atom stereocenters. The normalized spacial score (nSPS) is 19.5. The van der Waals surface area contributed by atoms with Crippen LogP contribution in [0.15, 0.2) is 35.7 Å². The van der Waals surface area contributed by atoms with Gasteiger partial charge >= 0.3 is 0 Å². The van der Waals surface area contributed by atoms with Crippen molar-refractivity contribution in [3.63, 3.8) is 0 Å². The molecule has 3 heterocycles. The number of pyridine rings is 1. The third-order valence-corrected chi connectivity index (χ3v) is 5.84. The van der Waals surface area contributed by atoms with Crippen LogP contribution in [-0.4, -0.2) is 39.0 Å². The van der Waals surface area contributed by atoms with E-state index in [1.165, 1.54) is 10.5 Å². The van der Waals surface area contributed by atoms with Crippen molar-refractivity contribution in [2.24, 2.45) is 5.92 Å². The van der Waals surface area contributed by atoms with Crippen molar-refractivity contribution in [2.45, 2.75) is 44.2 Å². The Balaban J connectivity index is 1.94. The Hall–Kier alpha value is -1.80. The zero-order valence-corrected chi connectivity index (χ0v) is 14.1. The van der Waals surface area contributed by atoms with Gasteiger partial charge in [-0.05, 0) is 30.9 Å². The van der Waals surface area contributed by atoms with Crippen LogP contribution in [0, 0.1) is 5.92 Å². The molecule has 0 aliphatic carbocycles. The average molecular weight is 335 g/mol. The monoisotopic (exact) mass is 335 g/mol. The molecule has 7 nitrogen and oxygen atoms in total. The summed E-state index contributed by atoms with van der Waals surface area (Å²) in [6, 6.07) is 2.96. The summed E-state index contributed by atoms with van der Waals surface area (Å²) < 4.78 is 29.3. The Morgan fingerprint density at radius 1 is 1.39 bits per heavy atom. The fourth-order valence-corrected chi connectivity index (χ4v) is 4.60. The van der Waals surface area contributed by atoms with Crippen LogP contribution < -0.4 is 0 Å². The van der Waals surface area contributed by atoms with Crippen molar-refractivity contribution in [3.05, 3.63) is 36.7 Å². The van der Waals surface area contributed by atoms with E-state index in [4.69, 9.17) is 0 Å². The minimum absolute atomic E-state index is 0.224. The Morgan fingerprint density at radius 2 is 2.22 bits per heavy atom. The summed E-state index contributed by atoms with van der Waals surface area (Å²) in [5.74, 6) is 1.16. The van der Waals surface area contributed by atoms with Crippen molar-refractivity contribution in [2.75, 3.05) is 6.54 Å². The summed E-state index contributed by atoms with van der Waals surface area (Å²) >= 11 is 0. The topological polar surface area (TPSA) is 81.0 Å². The first-order valence-corrected chi connectivity index (χ1v) is 9.23. The van der Waals surface area contributed by atoms with Crippen molar-refractivity contribution in [1.29, 1.82) is 0 Å². The van der Waals surface area contributed by atoms with Crippen LogP contribution in [0.1, 0.15) is 38.6 Å². The van der Waals surface area contributed by atoms with Gasteiger partial charge in [0.15, 0.2) is 5.82 Å². The van der Waals surface area contributed by atoms with Gasteiger partial charge in [-0.3, -0.25) is 4.98 Å². The van der Waals surface area contributed by atoms with Gasteiger partial charge in [-0.25, -0.2) is 8.42 Å². The van der Waals surface area contributed by atoms with E-state index in [0.717, 1.165) is 25.2 Å². The second-order valence-electron chi connectivity index (χ2n) is 6.20. The second kappa shape index (κ2) is 6.37. The summed E-state index contributed by atoms with van der Waals surface area (Å²) in [6.07, 6.45) is 6.22. The fraction of sp³-hybridized carbons (Fsp3) is 0.533. The largest absolute Gasteiger partial charge is 0.316 e. The summed E-state index contributed by atoms with van der Waals surface area (Å²) in [7, 11) is -3.57. The fourth-order valence-electron chi connectivity index (χ4n) is 2.98. The van der Waals surface area contributed by atoms with Crippen LogP contribution >= 0.6 is 0 Å². The first-order valence-electron chi connectivity index (χ1n) is 7.79. The molecule has 1 fully saturated rings. The maximum Gasteiger partial charge on any atom is 0.245 e. The van der Waals surface area contributed by atoms with Crippen LogP contribution in [0.2, 0.25) is 0 Å². The SMILES string of the molecule is CC(C)Cn1cnnc1[C@H]1CCCN1S(=O)(=O)c1cccnc1. The molecule has 2 aromatic heterocycles. The molecule has 1 aliphatic rings. The molecule has 0 aromatic carbocycles. The molecule has 0 spiro atoms. The molecule has 0 saturated carbocycles. The lowest BCUT2D eigenvalue weighted by Crippen LogP contribution is -2.32. The van der Waals surface area contributed by atoms with Crippen molar-refractivity contribution < 1.29 is 8.42 Å². The third kappa shape index (κ3) is 3.13. The predicted octanol–water partition coefficient (Wildman–Crippen LogP) is 1.85. The highest BCUT2D eigenvalue weighted by molar-refractivity contribution is 7.89. The Morgan fingerprint density at radius 3 is 2.91 bits per heavy atom. The first-order chi connectivity index (χ1) is 11.0. The molecule has 3 rings (SSSR count). The van der Waals surface area contributed by atoms with Gasteiger partial charge in [0, 0.05) is 25.5 Å². The van der Waals surface area contributed by atoms with E-state index in [1.54, 1.807) is 24.7 Å². The molecule has 124 valence electrons. The maximum absolute atomic E-state index is 12.9. The number of nitrogens with zero attached hydrogens (tertiary/aromatic N) is 5. The van der Waals surface area contributed by atoms with Gasteiger partial charge in [0.1, 0.15) is 11.2 Å². The number of rotatable bonds is 5. The molecule has 0 bridgehead atoms. The molecule has 8 heteroatoms. The highest BCUT2D eigenvalue weighted by Crippen LogP contribution is 2.35. The van der Waals surface area contributed by atoms with Gasteiger partial charge < -0.3 is 4.57 Å². The van der Waals surface area contributed by atoms with Crippen LogP contribution in [0.5, 0.6) is 0 Å². The summed E-state index contributed by atoms with van der Waals surface area (Å²) in [5.41, 5.74) is 0. The van der Waals surface area contributed by atoms with Crippen LogP contribution in [-0.2, 0) is 16.6 Å². The Bertz CT molecular complexity index is 757. The highest BCUT2D eigenvalue weighted by Gasteiger charge is 2.38. The standard InChI is InChI=1S/C15H21N5O2S/c1-12(2)10-19-11-17-18-15(19)14-6-4-8-20(14)23(21,22)13-5-3-7-16-9-13/h3,5,7,9,11-12,14H,4,6,8,10H2,1-2H3/t14-/m1/s1. The lowest BCUT2D eigenvalue weighted by molar-refractivity contribution is 0.364. The summed E-state index contributed by atoms with van der Waals surface area (Å²) in [4.78, 5) is 4.15. The first kappa shape index (κ1) is 16.1. The predicted molar refractivity (Wildman–Crippen MR) is 85.0 cm³/mol. The molecule has 1 saturated heterocycles. The lowest BCUT2D eigenvalue weighted by atomic mass is 10.2. The van der Waals surface area contributed by atoms with E-state index in [-0.39, 0.29) is 10.9 Å². The molecule has 0 unspecified atom stereocenters. The molecule has 0 radical (unpaired) electrons. The number of aromatic nitrogens is 4. The van der Waals surface area contributed by atoms with Crippen molar-refractivity contribution in [3.8, 4) is 0 Å². The molecular weight excluding hydrogens is 314 g/mol. The lowest BCUT2D eigenvalue weighted by Gasteiger charge is -2.24. The number of hydrogen-bond acceptors (Lipinski definition) is 5. The second-order valence-corrected chi connectivity index (χ2v) is 8.09. The third-order valence-electron chi connectivity index (χ3n) is 3.95. The maximum atomic E-state index is 12.9. The van der Waals surface area contributed by atoms with E-state index in [1.807, 2.05) is 4.57 Å². The molecule has 0 N–H and O–H groups in total. The molecule has 0 amide bonds. The summed E-state index contributed by atoms with van der Waals surface area (Å²) in [6.45, 7) is 5.50. The average Bonchev–Trinajstić information content (AvgIpc) is 3.16. The van der Waals surface area contributed by atoms with Gasteiger partial charge in [-0.15, -0.1) is 10.2 Å². The Kier molecular flexibility index (Phi) is 4.45. The van der Waals surface area contributed by atoms with E-state index < -0.39 is 10.0 Å². The molecular formula is C15H21N5O2S. The van der Waals surface area contributed by atoms with Gasteiger partial charge in [0.2, 0.25) is 10.0 Å². The van der Waals surface area contributed by atoms with Crippen molar-refractivity contribution >= 4 is 10.0 Å². The minimum atomic E-state index is -3.57. The minimum Gasteiger partial charge on any atom is -0.316 e.